The second-order valence-corrected chi connectivity index (χ2v) is 11.7. The first-order valence-corrected chi connectivity index (χ1v) is 14.4. The van der Waals surface area contributed by atoms with Crippen molar-refractivity contribution >= 4 is 0 Å². The standard InChI is InChI=1S/C40H30O/c1-39(2)35-21-10-11-22-37(35)41-38-26-28(23-24-36(38)39)27-13-12-16-30(25-27)40(29-14-4-3-5-15-29)33-19-8-6-17-31(33)32-18-7-9-20-34(32)40/h3-26H,1-2H3. The first-order valence-electron chi connectivity index (χ1n) is 14.4. The molecule has 0 N–H and O–H groups in total. The van der Waals surface area contributed by atoms with Crippen LogP contribution in [0.2, 0.25) is 0 Å². The SMILES string of the molecule is CC1(C)c2ccccc2Oc2cc(-c3cccc(C4(c5ccccc5)c5ccccc5-c5ccccc54)c3)ccc21. The summed E-state index contributed by atoms with van der Waals surface area (Å²) >= 11 is 0. The third-order valence-electron chi connectivity index (χ3n) is 9.22. The zero-order valence-electron chi connectivity index (χ0n) is 23.3. The summed E-state index contributed by atoms with van der Waals surface area (Å²) in [4.78, 5) is 0. The molecule has 0 amide bonds. The van der Waals surface area contributed by atoms with Gasteiger partial charge >= 0.3 is 0 Å². The molecule has 196 valence electrons. The van der Waals surface area contributed by atoms with Gasteiger partial charge in [0.05, 0.1) is 5.41 Å². The fraction of sp³-hybridized carbons (Fsp3) is 0.100. The van der Waals surface area contributed by atoms with Crippen molar-refractivity contribution in [3.63, 3.8) is 0 Å². The molecule has 1 aliphatic carbocycles. The highest BCUT2D eigenvalue weighted by molar-refractivity contribution is 5.86. The molecule has 1 aliphatic heterocycles. The van der Waals surface area contributed by atoms with Gasteiger partial charge in [0, 0.05) is 16.5 Å². The molecule has 8 rings (SSSR count). The molecule has 6 aromatic carbocycles. The summed E-state index contributed by atoms with van der Waals surface area (Å²) < 4.78 is 6.49. The summed E-state index contributed by atoms with van der Waals surface area (Å²) in [7, 11) is 0. The summed E-state index contributed by atoms with van der Waals surface area (Å²) in [5.74, 6) is 1.88. The average Bonchev–Trinajstić information content (AvgIpc) is 3.33. The molecule has 41 heavy (non-hydrogen) atoms. The van der Waals surface area contributed by atoms with Crippen molar-refractivity contribution < 1.29 is 4.74 Å². The smallest absolute Gasteiger partial charge is 0.132 e. The van der Waals surface area contributed by atoms with Gasteiger partial charge in [0.15, 0.2) is 0 Å². The number of hydrogen-bond acceptors (Lipinski definition) is 1. The number of hydrogen-bond donors (Lipinski definition) is 0. The van der Waals surface area contributed by atoms with Gasteiger partial charge < -0.3 is 4.74 Å². The zero-order chi connectivity index (χ0) is 27.6. The van der Waals surface area contributed by atoms with Crippen molar-refractivity contribution in [1.29, 1.82) is 0 Å². The largest absolute Gasteiger partial charge is 0.457 e. The lowest BCUT2D eigenvalue weighted by Gasteiger charge is -2.35. The van der Waals surface area contributed by atoms with Crippen LogP contribution in [0.1, 0.15) is 47.2 Å². The molecule has 0 atom stereocenters. The van der Waals surface area contributed by atoms with Crippen LogP contribution in [0.5, 0.6) is 11.5 Å². The Labute approximate surface area is 241 Å². The molecule has 1 heteroatoms. The molecule has 0 unspecified atom stereocenters. The van der Waals surface area contributed by atoms with E-state index in [9.17, 15) is 0 Å². The molecule has 2 aliphatic rings. The summed E-state index contributed by atoms with van der Waals surface area (Å²) in [5, 5.41) is 0. The van der Waals surface area contributed by atoms with Gasteiger partial charge in [0.2, 0.25) is 0 Å². The summed E-state index contributed by atoms with van der Waals surface area (Å²) in [5.41, 5.74) is 12.1. The van der Waals surface area contributed by atoms with Crippen LogP contribution in [-0.2, 0) is 10.8 Å². The van der Waals surface area contributed by atoms with Gasteiger partial charge in [-0.3, -0.25) is 0 Å². The third-order valence-corrected chi connectivity index (χ3v) is 9.22. The number of para-hydroxylation sites is 1. The maximum absolute atomic E-state index is 6.49. The summed E-state index contributed by atoms with van der Waals surface area (Å²) in [6.45, 7) is 4.57. The summed E-state index contributed by atoms with van der Waals surface area (Å²) in [6.07, 6.45) is 0. The molecule has 0 fully saturated rings. The molecular weight excluding hydrogens is 496 g/mol. The van der Waals surface area contributed by atoms with E-state index in [-0.39, 0.29) is 5.41 Å². The molecule has 0 saturated heterocycles. The van der Waals surface area contributed by atoms with Crippen LogP contribution in [0, 0.1) is 0 Å². The Balaban J connectivity index is 1.33. The minimum Gasteiger partial charge on any atom is -0.457 e. The fourth-order valence-electron chi connectivity index (χ4n) is 7.28. The van der Waals surface area contributed by atoms with Gasteiger partial charge in [-0.25, -0.2) is 0 Å². The van der Waals surface area contributed by atoms with Crippen molar-refractivity contribution in [2.75, 3.05) is 0 Å². The maximum Gasteiger partial charge on any atom is 0.132 e. The van der Waals surface area contributed by atoms with E-state index in [1.807, 2.05) is 6.07 Å². The van der Waals surface area contributed by atoms with Crippen LogP contribution >= 0.6 is 0 Å². The normalized spacial score (nSPS) is 15.2. The van der Waals surface area contributed by atoms with Crippen molar-refractivity contribution in [1.82, 2.24) is 0 Å². The molecule has 0 bridgehead atoms. The number of rotatable bonds is 3. The quantitative estimate of drug-likeness (QED) is 0.223. The van der Waals surface area contributed by atoms with Crippen molar-refractivity contribution in [3.05, 3.63) is 179 Å². The lowest BCUT2D eigenvalue weighted by atomic mass is 9.67. The van der Waals surface area contributed by atoms with E-state index in [0.29, 0.717) is 0 Å². The number of benzene rings is 6. The van der Waals surface area contributed by atoms with Crippen molar-refractivity contribution in [2.45, 2.75) is 24.7 Å². The predicted molar refractivity (Wildman–Crippen MR) is 168 cm³/mol. The van der Waals surface area contributed by atoms with Gasteiger partial charge in [-0.2, -0.15) is 0 Å². The molecule has 0 aromatic heterocycles. The monoisotopic (exact) mass is 526 g/mol. The van der Waals surface area contributed by atoms with Gasteiger partial charge in [-0.05, 0) is 62.7 Å². The lowest BCUT2D eigenvalue weighted by molar-refractivity contribution is 0.418. The van der Waals surface area contributed by atoms with Crippen LogP contribution in [0.4, 0.5) is 0 Å². The van der Waals surface area contributed by atoms with Crippen molar-refractivity contribution in [2.24, 2.45) is 0 Å². The van der Waals surface area contributed by atoms with E-state index in [1.54, 1.807) is 0 Å². The zero-order valence-corrected chi connectivity index (χ0v) is 23.3. The molecular formula is C40H30O. The Hall–Kier alpha value is -4.88. The Morgan fingerprint density at radius 3 is 1.71 bits per heavy atom. The van der Waals surface area contributed by atoms with Gasteiger partial charge in [-0.15, -0.1) is 0 Å². The van der Waals surface area contributed by atoms with Gasteiger partial charge in [0.1, 0.15) is 11.5 Å². The topological polar surface area (TPSA) is 9.23 Å². The van der Waals surface area contributed by atoms with Crippen LogP contribution in [-0.4, -0.2) is 0 Å². The Morgan fingerprint density at radius 2 is 0.976 bits per heavy atom. The second-order valence-electron chi connectivity index (χ2n) is 11.7. The maximum atomic E-state index is 6.49. The van der Waals surface area contributed by atoms with E-state index < -0.39 is 5.41 Å². The fourth-order valence-corrected chi connectivity index (χ4v) is 7.28. The number of ether oxygens (including phenoxy) is 1. The first-order chi connectivity index (χ1) is 20.1. The van der Waals surface area contributed by atoms with E-state index in [2.05, 4.69) is 153 Å². The lowest BCUT2D eigenvalue weighted by Crippen LogP contribution is -2.28. The van der Waals surface area contributed by atoms with Crippen molar-refractivity contribution in [3.8, 4) is 33.8 Å². The highest BCUT2D eigenvalue weighted by atomic mass is 16.5. The molecule has 1 heterocycles. The molecule has 0 radical (unpaired) electrons. The highest BCUT2D eigenvalue weighted by Gasteiger charge is 2.46. The minimum absolute atomic E-state index is 0.126. The van der Waals surface area contributed by atoms with Crippen LogP contribution in [0.3, 0.4) is 0 Å². The Kier molecular flexibility index (Phi) is 5.15. The van der Waals surface area contributed by atoms with Gasteiger partial charge in [-0.1, -0.05) is 141 Å². The first kappa shape index (κ1) is 24.0. The molecule has 6 aromatic rings. The molecule has 0 saturated carbocycles. The van der Waals surface area contributed by atoms with Crippen LogP contribution < -0.4 is 4.74 Å². The summed E-state index contributed by atoms with van der Waals surface area (Å²) in [6, 6.07) is 53.0. The number of fused-ring (bicyclic) bond motifs is 5. The van der Waals surface area contributed by atoms with E-state index in [4.69, 9.17) is 4.74 Å². The van der Waals surface area contributed by atoms with E-state index in [1.165, 1.54) is 50.1 Å². The van der Waals surface area contributed by atoms with Gasteiger partial charge in [0.25, 0.3) is 0 Å². The minimum atomic E-state index is -0.407. The van der Waals surface area contributed by atoms with Crippen LogP contribution in [0.15, 0.2) is 146 Å². The molecule has 1 nitrogen and oxygen atoms in total. The van der Waals surface area contributed by atoms with Crippen LogP contribution in [0.25, 0.3) is 22.3 Å². The average molecular weight is 527 g/mol. The molecule has 0 spiro atoms. The van der Waals surface area contributed by atoms with E-state index >= 15 is 0 Å². The Bertz CT molecular complexity index is 1900. The third kappa shape index (κ3) is 3.36. The highest BCUT2D eigenvalue weighted by Crippen LogP contribution is 2.56. The predicted octanol–water partition coefficient (Wildman–Crippen LogP) is 10.1. The Morgan fingerprint density at radius 1 is 0.415 bits per heavy atom. The van der Waals surface area contributed by atoms with E-state index in [0.717, 1.165) is 17.1 Å². The second kappa shape index (κ2) is 8.81.